The van der Waals surface area contributed by atoms with Crippen molar-refractivity contribution in [3.63, 3.8) is 0 Å². The molecule has 3 aromatic rings. The van der Waals surface area contributed by atoms with Gasteiger partial charge in [0.1, 0.15) is 0 Å². The van der Waals surface area contributed by atoms with Crippen LogP contribution in [0.15, 0.2) is 36.4 Å². The van der Waals surface area contributed by atoms with Crippen LogP contribution in [0.5, 0.6) is 0 Å². The molecule has 1 heterocycles. The fourth-order valence-corrected chi connectivity index (χ4v) is 2.95. The van der Waals surface area contributed by atoms with Crippen LogP contribution in [0.2, 0.25) is 5.02 Å². The summed E-state index contributed by atoms with van der Waals surface area (Å²) < 4.78 is 1.09. The summed E-state index contributed by atoms with van der Waals surface area (Å²) in [7, 11) is 0. The summed E-state index contributed by atoms with van der Waals surface area (Å²) in [4.78, 5) is 12.4. The lowest BCUT2D eigenvalue weighted by Crippen LogP contribution is -2.44. The molecular weight excluding hydrogens is 356 g/mol. The number of halogens is 1. The van der Waals surface area contributed by atoms with Crippen LogP contribution in [0, 0.1) is 31.2 Å². The molecule has 0 fully saturated rings. The van der Waals surface area contributed by atoms with Crippen LogP contribution < -0.4 is 20.1 Å². The number of carbonyl (C=O) groups excluding carboxylic acids is 1. The molecule has 0 spiro atoms. The smallest absolute Gasteiger partial charge is 0.411 e. The Balaban J connectivity index is 1.99. The molecule has 2 aromatic carbocycles. The number of rotatable bonds is 2. The van der Waals surface area contributed by atoms with E-state index in [0.29, 0.717) is 20.2 Å². The molecule has 0 aliphatic heterocycles. The predicted molar refractivity (Wildman–Crippen MR) is 100 cm³/mol. The quantitative estimate of drug-likeness (QED) is 0.533. The average Bonchev–Trinajstić information content (AvgIpc) is 2.60. The standard InChI is InChI=1S/C18H17ClN4O3/c1-10-5-4-6-11(2)16(10)20-18(24)21-17-12(3)22(25)14-8-7-13(19)9-15(14)23(17)26/h4-9H,1-3H3,(H2,20,21,24). The molecule has 3 rings (SSSR count). The molecule has 0 bridgehead atoms. The third kappa shape index (κ3) is 3.09. The molecular formula is C18H17ClN4O3. The van der Waals surface area contributed by atoms with E-state index in [1.54, 1.807) is 0 Å². The van der Waals surface area contributed by atoms with Gasteiger partial charge in [0.25, 0.3) is 11.2 Å². The molecule has 134 valence electrons. The first kappa shape index (κ1) is 17.8. The number of aromatic nitrogens is 2. The second-order valence-corrected chi connectivity index (χ2v) is 6.44. The van der Waals surface area contributed by atoms with Crippen molar-refractivity contribution < 1.29 is 14.3 Å². The zero-order valence-electron chi connectivity index (χ0n) is 14.5. The van der Waals surface area contributed by atoms with E-state index in [1.807, 2.05) is 32.0 Å². The zero-order valence-corrected chi connectivity index (χ0v) is 15.2. The number of fused-ring (bicyclic) bond motifs is 1. The van der Waals surface area contributed by atoms with Crippen LogP contribution in [0.1, 0.15) is 16.8 Å². The van der Waals surface area contributed by atoms with Crippen LogP contribution in [0.4, 0.5) is 16.3 Å². The number of nitrogens with one attached hydrogen (secondary N) is 2. The third-order valence-electron chi connectivity index (χ3n) is 4.18. The van der Waals surface area contributed by atoms with Gasteiger partial charge in [-0.05, 0) is 31.0 Å². The van der Waals surface area contributed by atoms with Crippen LogP contribution in [0.25, 0.3) is 11.0 Å². The summed E-state index contributed by atoms with van der Waals surface area (Å²) in [5.41, 5.74) is 2.74. The van der Waals surface area contributed by atoms with Crippen molar-refractivity contribution in [2.24, 2.45) is 0 Å². The largest absolute Gasteiger partial charge is 0.710 e. The van der Waals surface area contributed by atoms with Gasteiger partial charge >= 0.3 is 11.8 Å². The van der Waals surface area contributed by atoms with Crippen LogP contribution in [-0.2, 0) is 0 Å². The first-order chi connectivity index (χ1) is 12.3. The predicted octanol–water partition coefficient (Wildman–Crippen LogP) is 3.33. The highest BCUT2D eigenvalue weighted by molar-refractivity contribution is 6.31. The maximum atomic E-state index is 12.6. The van der Waals surface area contributed by atoms with Gasteiger partial charge in [0.15, 0.2) is 0 Å². The number of para-hydroxylation sites is 1. The van der Waals surface area contributed by atoms with Crippen LogP contribution >= 0.6 is 11.6 Å². The molecule has 0 aliphatic rings. The van der Waals surface area contributed by atoms with E-state index in [9.17, 15) is 15.2 Å². The molecule has 0 saturated carbocycles. The molecule has 0 saturated heterocycles. The second kappa shape index (κ2) is 6.68. The second-order valence-electron chi connectivity index (χ2n) is 6.00. The molecule has 2 N–H and O–H groups in total. The van der Waals surface area contributed by atoms with Crippen molar-refractivity contribution in [3.05, 3.63) is 68.7 Å². The fourth-order valence-electron chi connectivity index (χ4n) is 2.78. The average molecular weight is 373 g/mol. The zero-order chi connectivity index (χ0) is 19.0. The summed E-state index contributed by atoms with van der Waals surface area (Å²) in [5, 5.41) is 30.6. The number of benzene rings is 2. The van der Waals surface area contributed by atoms with Crippen molar-refractivity contribution in [3.8, 4) is 0 Å². The number of aryl methyl sites for hydroxylation is 2. The van der Waals surface area contributed by atoms with Gasteiger partial charge in [0.2, 0.25) is 5.52 Å². The highest BCUT2D eigenvalue weighted by Crippen LogP contribution is 2.20. The Bertz CT molecular complexity index is 1020. The van der Waals surface area contributed by atoms with Gasteiger partial charge in [-0.15, -0.1) is 0 Å². The monoisotopic (exact) mass is 372 g/mol. The van der Waals surface area contributed by atoms with Crippen molar-refractivity contribution in [2.75, 3.05) is 10.6 Å². The van der Waals surface area contributed by atoms with E-state index in [4.69, 9.17) is 11.6 Å². The maximum absolute atomic E-state index is 12.6. The number of hydrogen-bond donors (Lipinski definition) is 2. The number of urea groups is 1. The number of carbonyl (C=O) groups is 1. The summed E-state index contributed by atoms with van der Waals surface area (Å²) in [6.45, 7) is 5.20. The number of nitrogens with zero attached hydrogens (tertiary/aromatic N) is 2. The molecule has 0 radical (unpaired) electrons. The van der Waals surface area contributed by atoms with Gasteiger partial charge in [-0.25, -0.2) is 9.52 Å². The van der Waals surface area contributed by atoms with Crippen molar-refractivity contribution in [2.45, 2.75) is 20.8 Å². The minimum Gasteiger partial charge on any atom is -0.710 e. The SMILES string of the molecule is Cc1cccc(C)c1NC(=O)Nc1c(C)[n+]([O-])c2ccc(Cl)cc2[n+]1[O-]. The van der Waals surface area contributed by atoms with E-state index < -0.39 is 6.03 Å². The van der Waals surface area contributed by atoms with E-state index in [2.05, 4.69) is 10.6 Å². The van der Waals surface area contributed by atoms with Crippen molar-refractivity contribution >= 4 is 40.2 Å². The van der Waals surface area contributed by atoms with E-state index in [0.717, 1.165) is 11.1 Å². The number of anilines is 2. The number of hydrogen-bond acceptors (Lipinski definition) is 3. The summed E-state index contributed by atoms with van der Waals surface area (Å²) in [5.74, 6) is -0.154. The molecule has 1 aromatic heterocycles. The highest BCUT2D eigenvalue weighted by atomic mass is 35.5. The van der Waals surface area contributed by atoms with Gasteiger partial charge in [-0.3, -0.25) is 5.32 Å². The molecule has 7 nitrogen and oxygen atoms in total. The Morgan fingerprint density at radius 1 is 0.962 bits per heavy atom. The van der Waals surface area contributed by atoms with Crippen molar-refractivity contribution in [1.29, 1.82) is 0 Å². The lowest BCUT2D eigenvalue weighted by atomic mass is 10.1. The first-order valence-electron chi connectivity index (χ1n) is 7.88. The molecule has 0 atom stereocenters. The van der Waals surface area contributed by atoms with Gasteiger partial charge in [-0.1, -0.05) is 29.8 Å². The molecule has 0 aliphatic carbocycles. The molecule has 26 heavy (non-hydrogen) atoms. The lowest BCUT2D eigenvalue weighted by Gasteiger charge is -2.15. The normalized spacial score (nSPS) is 10.8. The van der Waals surface area contributed by atoms with Gasteiger partial charge in [0, 0.05) is 24.1 Å². The summed E-state index contributed by atoms with van der Waals surface area (Å²) >= 11 is 5.92. The topological polar surface area (TPSA) is 95.0 Å². The Hall–Kier alpha value is -3.06. The first-order valence-corrected chi connectivity index (χ1v) is 8.26. The Morgan fingerprint density at radius 3 is 2.27 bits per heavy atom. The fraction of sp³-hybridized carbons (Fsp3) is 0.167. The summed E-state index contributed by atoms with van der Waals surface area (Å²) in [6.07, 6.45) is 0. The molecule has 8 heteroatoms. The maximum Gasteiger partial charge on any atom is 0.411 e. The van der Waals surface area contributed by atoms with E-state index >= 15 is 0 Å². The Labute approximate surface area is 155 Å². The minimum absolute atomic E-state index is 0.0699. The van der Waals surface area contributed by atoms with E-state index in [1.165, 1.54) is 25.1 Å². The lowest BCUT2D eigenvalue weighted by molar-refractivity contribution is -0.623. The number of amides is 2. The van der Waals surface area contributed by atoms with Gasteiger partial charge in [-0.2, -0.15) is 10.0 Å². The summed E-state index contributed by atoms with van der Waals surface area (Å²) in [6, 6.07) is 9.38. The molecule has 0 unspecified atom stereocenters. The minimum atomic E-state index is -0.614. The highest BCUT2D eigenvalue weighted by Gasteiger charge is 2.26. The van der Waals surface area contributed by atoms with Crippen LogP contribution in [-0.4, -0.2) is 6.03 Å². The van der Waals surface area contributed by atoms with Crippen LogP contribution in [0.3, 0.4) is 0 Å². The molecule has 2 amide bonds. The third-order valence-corrected chi connectivity index (χ3v) is 4.41. The Morgan fingerprint density at radius 2 is 1.62 bits per heavy atom. The Kier molecular flexibility index (Phi) is 4.56. The van der Waals surface area contributed by atoms with Crippen molar-refractivity contribution in [1.82, 2.24) is 0 Å². The van der Waals surface area contributed by atoms with Gasteiger partial charge in [0.05, 0.1) is 5.69 Å². The van der Waals surface area contributed by atoms with E-state index in [-0.39, 0.29) is 22.5 Å². The van der Waals surface area contributed by atoms with Gasteiger partial charge < -0.3 is 10.4 Å².